The van der Waals surface area contributed by atoms with Crippen molar-refractivity contribution in [1.29, 1.82) is 0 Å². The molecule has 8 heteroatoms. The van der Waals surface area contributed by atoms with Crippen molar-refractivity contribution in [3.8, 4) is 11.1 Å². The largest absolute Gasteiger partial charge is 0.433 e. The first-order valence-electron chi connectivity index (χ1n) is 9.37. The predicted molar refractivity (Wildman–Crippen MR) is 110 cm³/mol. The first-order valence-corrected chi connectivity index (χ1v) is 9.37. The van der Waals surface area contributed by atoms with E-state index in [0.717, 1.165) is 29.0 Å². The second-order valence-electron chi connectivity index (χ2n) is 6.75. The zero-order valence-electron chi connectivity index (χ0n) is 16.1. The smallest absolute Gasteiger partial charge is 0.382 e. The Bertz CT molecular complexity index is 1170. The van der Waals surface area contributed by atoms with Crippen molar-refractivity contribution in [2.24, 2.45) is 0 Å². The van der Waals surface area contributed by atoms with Gasteiger partial charge < -0.3 is 10.4 Å². The van der Waals surface area contributed by atoms with Crippen molar-refractivity contribution in [2.75, 3.05) is 5.32 Å². The number of halogens is 3. The molecule has 1 unspecified atom stereocenters. The Morgan fingerprint density at radius 1 is 0.839 bits per heavy atom. The zero-order valence-corrected chi connectivity index (χ0v) is 16.1. The SMILES string of the molecule is OC(c1ccccc1)c1ccc(-c2cccc(Nc3nccc(C(F)(F)F)n3)c2)cn1. The molecule has 0 saturated heterocycles. The number of aliphatic hydroxyl groups is 1. The molecule has 0 fully saturated rings. The minimum atomic E-state index is -4.54. The normalized spacial score (nSPS) is 12.4. The predicted octanol–water partition coefficient (Wildman–Crippen LogP) is 5.38. The van der Waals surface area contributed by atoms with Gasteiger partial charge in [-0.3, -0.25) is 4.98 Å². The van der Waals surface area contributed by atoms with E-state index in [1.54, 1.807) is 30.5 Å². The number of aliphatic hydroxyl groups excluding tert-OH is 1. The molecule has 0 saturated carbocycles. The Balaban J connectivity index is 1.53. The summed E-state index contributed by atoms with van der Waals surface area (Å²) < 4.78 is 38.5. The number of benzene rings is 2. The maximum Gasteiger partial charge on any atom is 0.433 e. The summed E-state index contributed by atoms with van der Waals surface area (Å²) >= 11 is 0. The third kappa shape index (κ3) is 4.87. The van der Waals surface area contributed by atoms with Crippen molar-refractivity contribution in [3.63, 3.8) is 0 Å². The fraction of sp³-hybridized carbons (Fsp3) is 0.0870. The van der Waals surface area contributed by atoms with E-state index in [1.807, 2.05) is 42.5 Å². The van der Waals surface area contributed by atoms with Gasteiger partial charge in [0.25, 0.3) is 0 Å². The van der Waals surface area contributed by atoms with E-state index in [1.165, 1.54) is 0 Å². The fourth-order valence-electron chi connectivity index (χ4n) is 3.03. The highest BCUT2D eigenvalue weighted by Crippen LogP contribution is 2.29. The van der Waals surface area contributed by atoms with Gasteiger partial charge in [-0.05, 0) is 35.4 Å². The lowest BCUT2D eigenvalue weighted by atomic mass is 10.0. The molecule has 0 spiro atoms. The molecule has 0 amide bonds. The van der Waals surface area contributed by atoms with E-state index in [9.17, 15) is 18.3 Å². The van der Waals surface area contributed by atoms with Crippen LogP contribution >= 0.6 is 0 Å². The lowest BCUT2D eigenvalue weighted by molar-refractivity contribution is -0.141. The fourth-order valence-corrected chi connectivity index (χ4v) is 3.03. The van der Waals surface area contributed by atoms with Gasteiger partial charge in [0, 0.05) is 23.6 Å². The van der Waals surface area contributed by atoms with Gasteiger partial charge in [-0.25, -0.2) is 9.97 Å². The highest BCUT2D eigenvalue weighted by atomic mass is 19.4. The van der Waals surface area contributed by atoms with Gasteiger partial charge in [0.2, 0.25) is 5.95 Å². The zero-order chi connectivity index (χ0) is 21.8. The van der Waals surface area contributed by atoms with Crippen molar-refractivity contribution in [2.45, 2.75) is 12.3 Å². The molecule has 0 aliphatic rings. The van der Waals surface area contributed by atoms with Gasteiger partial charge >= 0.3 is 6.18 Å². The van der Waals surface area contributed by atoms with Crippen LogP contribution in [0.4, 0.5) is 24.8 Å². The first kappa shape index (κ1) is 20.5. The van der Waals surface area contributed by atoms with Gasteiger partial charge in [0.05, 0.1) is 5.69 Å². The molecule has 4 rings (SSSR count). The molecule has 1 atom stereocenters. The van der Waals surface area contributed by atoms with Crippen LogP contribution in [0.5, 0.6) is 0 Å². The third-order valence-corrected chi connectivity index (χ3v) is 4.58. The van der Waals surface area contributed by atoms with Crippen LogP contribution in [0, 0.1) is 0 Å². The van der Waals surface area contributed by atoms with Crippen LogP contribution < -0.4 is 5.32 Å². The average Bonchev–Trinajstić information content (AvgIpc) is 2.79. The highest BCUT2D eigenvalue weighted by molar-refractivity contribution is 5.69. The minimum Gasteiger partial charge on any atom is -0.382 e. The van der Waals surface area contributed by atoms with E-state index >= 15 is 0 Å². The Hall–Kier alpha value is -3.78. The summed E-state index contributed by atoms with van der Waals surface area (Å²) in [6.07, 6.45) is -2.68. The van der Waals surface area contributed by atoms with E-state index in [2.05, 4.69) is 20.3 Å². The second-order valence-corrected chi connectivity index (χ2v) is 6.75. The molecular weight excluding hydrogens is 405 g/mol. The average molecular weight is 422 g/mol. The van der Waals surface area contributed by atoms with Gasteiger partial charge in [0.15, 0.2) is 0 Å². The summed E-state index contributed by atoms with van der Waals surface area (Å²) in [5, 5.41) is 13.3. The standard InChI is InChI=1S/C23H17F3N4O/c24-23(25,26)20-11-12-27-22(30-20)29-18-8-4-7-16(13-18)17-9-10-19(28-14-17)21(31)15-5-2-1-3-6-15/h1-14,21,31H,(H,27,29,30). The Kier molecular flexibility index (Phi) is 5.64. The molecule has 4 aromatic rings. The van der Waals surface area contributed by atoms with E-state index in [-0.39, 0.29) is 5.95 Å². The molecular formula is C23H17F3N4O. The van der Waals surface area contributed by atoms with Crippen molar-refractivity contribution in [1.82, 2.24) is 15.0 Å². The number of nitrogens with zero attached hydrogens (tertiary/aromatic N) is 3. The number of pyridine rings is 1. The molecule has 0 aliphatic heterocycles. The molecule has 0 aliphatic carbocycles. The Morgan fingerprint density at radius 2 is 1.65 bits per heavy atom. The molecule has 2 aromatic carbocycles. The minimum absolute atomic E-state index is 0.147. The van der Waals surface area contributed by atoms with Crippen molar-refractivity contribution < 1.29 is 18.3 Å². The highest BCUT2D eigenvalue weighted by Gasteiger charge is 2.32. The van der Waals surface area contributed by atoms with Crippen LogP contribution in [-0.4, -0.2) is 20.1 Å². The van der Waals surface area contributed by atoms with Crippen LogP contribution in [0.3, 0.4) is 0 Å². The molecule has 2 aromatic heterocycles. The van der Waals surface area contributed by atoms with Crippen LogP contribution in [0.15, 0.2) is 85.2 Å². The maximum absolute atomic E-state index is 12.8. The van der Waals surface area contributed by atoms with Crippen LogP contribution in [-0.2, 0) is 6.18 Å². The van der Waals surface area contributed by atoms with E-state index in [0.29, 0.717) is 11.4 Å². The molecule has 2 heterocycles. The topological polar surface area (TPSA) is 70.9 Å². The molecule has 156 valence electrons. The maximum atomic E-state index is 12.8. The monoisotopic (exact) mass is 422 g/mol. The number of nitrogens with one attached hydrogen (secondary N) is 1. The summed E-state index contributed by atoms with van der Waals surface area (Å²) in [5.41, 5.74) is 2.36. The van der Waals surface area contributed by atoms with Crippen LogP contribution in [0.25, 0.3) is 11.1 Å². The second kappa shape index (κ2) is 8.53. The number of alkyl halides is 3. The number of hydrogen-bond acceptors (Lipinski definition) is 5. The van der Waals surface area contributed by atoms with Crippen LogP contribution in [0.1, 0.15) is 23.1 Å². The van der Waals surface area contributed by atoms with Crippen molar-refractivity contribution >= 4 is 11.6 Å². The summed E-state index contributed by atoms with van der Waals surface area (Å²) in [5.74, 6) is -0.147. The van der Waals surface area contributed by atoms with E-state index < -0.39 is 18.0 Å². The molecule has 5 nitrogen and oxygen atoms in total. The lowest BCUT2D eigenvalue weighted by Crippen LogP contribution is -2.10. The van der Waals surface area contributed by atoms with Gasteiger partial charge in [-0.2, -0.15) is 13.2 Å². The van der Waals surface area contributed by atoms with E-state index in [4.69, 9.17) is 0 Å². The summed E-state index contributed by atoms with van der Waals surface area (Å²) in [4.78, 5) is 11.7. The first-order chi connectivity index (χ1) is 14.9. The molecule has 0 bridgehead atoms. The number of aromatic nitrogens is 3. The van der Waals surface area contributed by atoms with Crippen molar-refractivity contribution in [3.05, 3.63) is 102 Å². The number of anilines is 2. The Morgan fingerprint density at radius 3 is 2.35 bits per heavy atom. The molecule has 2 N–H and O–H groups in total. The quantitative estimate of drug-likeness (QED) is 0.452. The summed E-state index contributed by atoms with van der Waals surface area (Å²) in [6.45, 7) is 0. The summed E-state index contributed by atoms with van der Waals surface area (Å²) in [6, 6.07) is 20.7. The third-order valence-electron chi connectivity index (χ3n) is 4.58. The van der Waals surface area contributed by atoms with Gasteiger partial charge in [0.1, 0.15) is 11.8 Å². The number of rotatable bonds is 5. The number of hydrogen-bond donors (Lipinski definition) is 2. The lowest BCUT2D eigenvalue weighted by Gasteiger charge is -2.12. The molecule has 0 radical (unpaired) electrons. The van der Waals surface area contributed by atoms with Gasteiger partial charge in [-0.15, -0.1) is 0 Å². The van der Waals surface area contributed by atoms with Gasteiger partial charge in [-0.1, -0.05) is 48.5 Å². The van der Waals surface area contributed by atoms with Crippen LogP contribution in [0.2, 0.25) is 0 Å². The Labute approximate surface area is 176 Å². The molecule has 31 heavy (non-hydrogen) atoms. The summed E-state index contributed by atoms with van der Waals surface area (Å²) in [7, 11) is 0.